The zero-order valence-electron chi connectivity index (χ0n) is 22.1. The summed E-state index contributed by atoms with van der Waals surface area (Å²) >= 11 is 5.89. The summed E-state index contributed by atoms with van der Waals surface area (Å²) < 4.78 is 11.0. The van der Waals surface area contributed by atoms with E-state index in [4.69, 9.17) is 27.4 Å². The van der Waals surface area contributed by atoms with Gasteiger partial charge in [-0.15, -0.1) is 0 Å². The van der Waals surface area contributed by atoms with Gasteiger partial charge in [-0.1, -0.05) is 36.8 Å². The molecule has 1 amide bonds. The number of para-hydroxylation sites is 1. The van der Waals surface area contributed by atoms with Gasteiger partial charge in [-0.25, -0.2) is 4.98 Å². The number of nitrogens with one attached hydrogen (secondary N) is 2. The monoisotopic (exact) mass is 543 g/mol. The Morgan fingerprint density at radius 3 is 2.67 bits per heavy atom. The standard InChI is InChI=1S/C30H33N5O3S/c1-37-22-12-11-20(25(16-22)38-2)18-35-24-10-6-9-23(24)28(33-17-19-13-14-32-26(31)15-19)27(30(35)36)29(39)34-21-7-4-3-5-8-21/h3-5,7-8,11-16,23-24,33H,6,9-10,17-18H2,1-2H3,(H2,31,32)(H,34,39)/t23-,24+/m0/s1. The van der Waals surface area contributed by atoms with E-state index >= 15 is 0 Å². The van der Waals surface area contributed by atoms with E-state index in [1.165, 1.54) is 0 Å². The fourth-order valence-corrected chi connectivity index (χ4v) is 5.87. The average molecular weight is 544 g/mol. The second kappa shape index (κ2) is 11.7. The van der Waals surface area contributed by atoms with Gasteiger partial charge in [-0.05, 0) is 54.8 Å². The van der Waals surface area contributed by atoms with Crippen LogP contribution in [-0.4, -0.2) is 41.0 Å². The molecule has 3 aromatic rings. The molecular weight excluding hydrogens is 510 g/mol. The molecule has 8 nitrogen and oxygen atoms in total. The smallest absolute Gasteiger partial charge is 0.259 e. The highest BCUT2D eigenvalue weighted by molar-refractivity contribution is 7.81. The van der Waals surface area contributed by atoms with Crippen molar-refractivity contribution in [3.8, 4) is 11.5 Å². The van der Waals surface area contributed by atoms with Crippen LogP contribution in [0.1, 0.15) is 30.4 Å². The molecule has 2 aliphatic rings. The van der Waals surface area contributed by atoms with Crippen LogP contribution in [0.15, 0.2) is 78.1 Å². The van der Waals surface area contributed by atoms with Gasteiger partial charge in [0.1, 0.15) is 22.3 Å². The number of nitrogen functional groups attached to an aromatic ring is 1. The molecular formula is C30H33N5O3S. The number of amides is 1. The Balaban J connectivity index is 1.51. The van der Waals surface area contributed by atoms with Crippen LogP contribution in [0, 0.1) is 5.92 Å². The number of thiocarbonyl (C=S) groups is 1. The first-order valence-electron chi connectivity index (χ1n) is 13.0. The van der Waals surface area contributed by atoms with Crippen LogP contribution in [0.3, 0.4) is 0 Å². The summed E-state index contributed by atoms with van der Waals surface area (Å²) in [6, 6.07) is 19.2. The van der Waals surface area contributed by atoms with Crippen molar-refractivity contribution in [2.24, 2.45) is 5.92 Å². The first-order valence-corrected chi connectivity index (χ1v) is 13.5. The molecule has 1 saturated carbocycles. The Hall–Kier alpha value is -4.11. The molecule has 4 N–H and O–H groups in total. The van der Waals surface area contributed by atoms with E-state index in [2.05, 4.69) is 15.6 Å². The SMILES string of the molecule is COc1ccc(CN2C(=O)C(C(=S)Nc3ccccc3)=C(NCc3ccnc(N)c3)[C@H]3CCC[C@H]32)c(OC)c1. The van der Waals surface area contributed by atoms with E-state index < -0.39 is 0 Å². The predicted octanol–water partition coefficient (Wildman–Crippen LogP) is 4.68. The van der Waals surface area contributed by atoms with E-state index in [1.807, 2.05) is 65.6 Å². The lowest BCUT2D eigenvalue weighted by Crippen LogP contribution is -2.51. The number of methoxy groups -OCH3 is 2. The first kappa shape index (κ1) is 26.5. The Morgan fingerprint density at radius 2 is 1.92 bits per heavy atom. The summed E-state index contributed by atoms with van der Waals surface area (Å²) in [7, 11) is 3.26. The number of pyridine rings is 1. The fourth-order valence-electron chi connectivity index (χ4n) is 5.56. The third kappa shape index (κ3) is 5.68. The molecule has 9 heteroatoms. The number of fused-ring (bicyclic) bond motifs is 1. The van der Waals surface area contributed by atoms with E-state index in [9.17, 15) is 4.79 Å². The Labute approximate surface area is 234 Å². The fraction of sp³-hybridized carbons (Fsp3) is 0.300. The summed E-state index contributed by atoms with van der Waals surface area (Å²) in [6.45, 7) is 0.932. The van der Waals surface area contributed by atoms with Gasteiger partial charge in [-0.2, -0.15) is 0 Å². The molecule has 0 unspecified atom stereocenters. The van der Waals surface area contributed by atoms with Crippen molar-refractivity contribution >= 4 is 34.6 Å². The molecule has 0 saturated heterocycles. The number of benzene rings is 2. The van der Waals surface area contributed by atoms with Crippen molar-refractivity contribution in [1.82, 2.24) is 15.2 Å². The third-order valence-electron chi connectivity index (χ3n) is 7.42. The van der Waals surface area contributed by atoms with Gasteiger partial charge in [0.05, 0.1) is 19.8 Å². The molecule has 202 valence electrons. The zero-order chi connectivity index (χ0) is 27.4. The number of carbonyl (C=O) groups excluding carboxylic acids is 1. The minimum atomic E-state index is -0.0961. The minimum Gasteiger partial charge on any atom is -0.497 e. The van der Waals surface area contributed by atoms with Crippen molar-refractivity contribution in [2.75, 3.05) is 25.3 Å². The van der Waals surface area contributed by atoms with E-state index in [0.717, 1.165) is 41.8 Å². The van der Waals surface area contributed by atoms with Gasteiger partial charge in [0.15, 0.2) is 0 Å². The van der Waals surface area contributed by atoms with Gasteiger partial charge in [0.2, 0.25) is 0 Å². The number of nitrogens with two attached hydrogens (primary N) is 1. The topological polar surface area (TPSA) is 102 Å². The number of aromatic nitrogens is 1. The molecule has 1 aliphatic carbocycles. The Kier molecular flexibility index (Phi) is 7.97. The average Bonchev–Trinajstić information content (AvgIpc) is 3.44. The summed E-state index contributed by atoms with van der Waals surface area (Å²) in [5, 5.41) is 6.88. The molecule has 1 aliphatic heterocycles. The molecule has 2 atom stereocenters. The molecule has 0 spiro atoms. The number of nitrogens with zero attached hydrogens (tertiary/aromatic N) is 2. The van der Waals surface area contributed by atoms with Crippen LogP contribution >= 0.6 is 12.2 Å². The molecule has 1 aromatic heterocycles. The van der Waals surface area contributed by atoms with Crippen molar-refractivity contribution in [3.05, 3.63) is 89.3 Å². The first-order chi connectivity index (χ1) is 19.0. The maximum atomic E-state index is 14.3. The largest absolute Gasteiger partial charge is 0.497 e. The van der Waals surface area contributed by atoms with Crippen molar-refractivity contribution in [2.45, 2.75) is 38.4 Å². The van der Waals surface area contributed by atoms with Crippen molar-refractivity contribution in [3.63, 3.8) is 0 Å². The van der Waals surface area contributed by atoms with E-state index in [-0.39, 0.29) is 17.9 Å². The summed E-state index contributed by atoms with van der Waals surface area (Å²) in [5.41, 5.74) is 10.1. The summed E-state index contributed by atoms with van der Waals surface area (Å²) in [5.74, 6) is 1.89. The molecule has 39 heavy (non-hydrogen) atoms. The highest BCUT2D eigenvalue weighted by Gasteiger charge is 2.45. The van der Waals surface area contributed by atoms with Crippen LogP contribution in [0.4, 0.5) is 11.5 Å². The third-order valence-corrected chi connectivity index (χ3v) is 7.72. The lowest BCUT2D eigenvalue weighted by molar-refractivity contribution is -0.131. The number of carbonyl (C=O) groups is 1. The normalized spacial score (nSPS) is 18.5. The predicted molar refractivity (Wildman–Crippen MR) is 156 cm³/mol. The van der Waals surface area contributed by atoms with E-state index in [0.29, 0.717) is 41.0 Å². The van der Waals surface area contributed by atoms with Crippen LogP contribution in [0.5, 0.6) is 11.5 Å². The maximum Gasteiger partial charge on any atom is 0.259 e. The highest BCUT2D eigenvalue weighted by atomic mass is 32.1. The lowest BCUT2D eigenvalue weighted by atomic mass is 9.88. The molecule has 0 bridgehead atoms. The number of anilines is 2. The molecule has 2 aromatic carbocycles. The van der Waals surface area contributed by atoms with Gasteiger partial charge < -0.3 is 30.7 Å². The number of ether oxygens (including phenoxy) is 2. The van der Waals surface area contributed by atoms with Gasteiger partial charge in [0.25, 0.3) is 5.91 Å². The van der Waals surface area contributed by atoms with Crippen LogP contribution in [0.25, 0.3) is 0 Å². The molecule has 5 rings (SSSR count). The minimum absolute atomic E-state index is 0.0533. The van der Waals surface area contributed by atoms with Crippen LogP contribution in [-0.2, 0) is 17.9 Å². The summed E-state index contributed by atoms with van der Waals surface area (Å²) in [4.78, 5) is 20.8. The maximum absolute atomic E-state index is 14.3. The quantitative estimate of drug-likeness (QED) is 0.335. The zero-order valence-corrected chi connectivity index (χ0v) is 23.0. The second-order valence-corrected chi connectivity index (χ2v) is 10.2. The molecule has 0 radical (unpaired) electrons. The summed E-state index contributed by atoms with van der Waals surface area (Å²) in [6.07, 6.45) is 4.61. The lowest BCUT2D eigenvalue weighted by Gasteiger charge is -2.41. The number of rotatable bonds is 9. The van der Waals surface area contributed by atoms with Gasteiger partial charge in [-0.3, -0.25) is 4.79 Å². The molecule has 1 fully saturated rings. The van der Waals surface area contributed by atoms with Crippen LogP contribution < -0.4 is 25.8 Å². The number of hydrogen-bond acceptors (Lipinski definition) is 7. The van der Waals surface area contributed by atoms with Crippen molar-refractivity contribution < 1.29 is 14.3 Å². The van der Waals surface area contributed by atoms with Gasteiger partial charge >= 0.3 is 0 Å². The number of hydrogen-bond donors (Lipinski definition) is 3. The van der Waals surface area contributed by atoms with Gasteiger partial charge in [0, 0.05) is 54.3 Å². The Morgan fingerprint density at radius 1 is 1.10 bits per heavy atom. The van der Waals surface area contributed by atoms with Crippen LogP contribution in [0.2, 0.25) is 0 Å². The Bertz CT molecular complexity index is 1390. The van der Waals surface area contributed by atoms with E-state index in [1.54, 1.807) is 20.4 Å². The van der Waals surface area contributed by atoms with Crippen molar-refractivity contribution in [1.29, 1.82) is 0 Å². The second-order valence-electron chi connectivity index (χ2n) is 9.77. The molecule has 2 heterocycles. The highest BCUT2D eigenvalue weighted by Crippen LogP contribution is 2.42.